The van der Waals surface area contributed by atoms with Crippen molar-refractivity contribution in [3.63, 3.8) is 0 Å². The Morgan fingerprint density at radius 1 is 1.35 bits per heavy atom. The van der Waals surface area contributed by atoms with Crippen molar-refractivity contribution in [2.75, 3.05) is 11.9 Å². The number of anilines is 1. The van der Waals surface area contributed by atoms with Crippen LogP contribution in [0.15, 0.2) is 24.3 Å². The molecular weight excluding hydrogens is 248 g/mol. The van der Waals surface area contributed by atoms with Crippen LogP contribution in [0.4, 0.5) is 10.5 Å². The summed E-state index contributed by atoms with van der Waals surface area (Å²) in [5, 5.41) is 3.01. The number of nitrogens with zero attached hydrogens (tertiary/aromatic N) is 1. The highest BCUT2D eigenvalue weighted by Gasteiger charge is 2.22. The van der Waals surface area contributed by atoms with Crippen LogP contribution >= 0.6 is 0 Å². The zero-order chi connectivity index (χ0) is 14.5. The molecule has 3 heteroatoms. The molecule has 110 valence electrons. The largest absolute Gasteiger partial charge is 0.322 e. The number of nitrogens with one attached hydrogen (secondary N) is 1. The van der Waals surface area contributed by atoms with Crippen LogP contribution in [0, 0.1) is 0 Å². The molecule has 0 radical (unpaired) electrons. The third-order valence-corrected chi connectivity index (χ3v) is 4.41. The maximum atomic E-state index is 12.3. The number of rotatable bonds is 3. The molecule has 0 aromatic heterocycles. The molecule has 1 fully saturated rings. The highest BCUT2D eigenvalue weighted by atomic mass is 16.2. The predicted molar refractivity (Wildman–Crippen MR) is 84.2 cm³/mol. The van der Waals surface area contributed by atoms with E-state index >= 15 is 0 Å². The van der Waals surface area contributed by atoms with Crippen LogP contribution < -0.4 is 5.32 Å². The summed E-state index contributed by atoms with van der Waals surface area (Å²) in [6, 6.07) is 8.63. The molecule has 1 heterocycles. The van der Waals surface area contributed by atoms with E-state index in [9.17, 15) is 4.79 Å². The summed E-state index contributed by atoms with van der Waals surface area (Å²) >= 11 is 0. The number of hydrogen-bond donors (Lipinski definition) is 1. The second-order valence-electron chi connectivity index (χ2n) is 5.90. The lowest BCUT2D eigenvalue weighted by atomic mass is 9.99. The molecule has 1 N–H and O–H groups in total. The molecule has 1 saturated heterocycles. The quantitative estimate of drug-likeness (QED) is 0.858. The number of benzene rings is 1. The van der Waals surface area contributed by atoms with E-state index in [1.807, 2.05) is 17.0 Å². The van der Waals surface area contributed by atoms with Gasteiger partial charge >= 0.3 is 6.03 Å². The SMILES string of the molecule is CC[C@@H](C)c1ccc(NC(=O)N2CCCC[C@H]2C)cc1. The number of hydrogen-bond acceptors (Lipinski definition) is 1. The first kappa shape index (κ1) is 14.9. The fourth-order valence-electron chi connectivity index (χ4n) is 2.73. The molecule has 20 heavy (non-hydrogen) atoms. The summed E-state index contributed by atoms with van der Waals surface area (Å²) in [6.45, 7) is 7.42. The lowest BCUT2D eigenvalue weighted by Gasteiger charge is -2.33. The average Bonchev–Trinajstić information content (AvgIpc) is 2.47. The molecule has 1 aliphatic rings. The van der Waals surface area contributed by atoms with Crippen molar-refractivity contribution in [2.45, 2.75) is 58.4 Å². The number of piperidine rings is 1. The maximum absolute atomic E-state index is 12.3. The summed E-state index contributed by atoms with van der Waals surface area (Å²) in [5.41, 5.74) is 2.22. The van der Waals surface area contributed by atoms with Gasteiger partial charge in [-0.15, -0.1) is 0 Å². The standard InChI is InChI=1S/C17H26N2O/c1-4-13(2)15-8-10-16(11-9-15)18-17(20)19-12-6-5-7-14(19)3/h8-11,13-14H,4-7,12H2,1-3H3,(H,18,20)/t13-,14-/m1/s1. The smallest absolute Gasteiger partial charge is 0.322 e. The van der Waals surface area contributed by atoms with E-state index in [1.165, 1.54) is 12.0 Å². The van der Waals surface area contributed by atoms with Gasteiger partial charge in [-0.25, -0.2) is 4.79 Å². The molecule has 0 saturated carbocycles. The first-order valence-corrected chi connectivity index (χ1v) is 7.79. The molecular formula is C17H26N2O. The highest BCUT2D eigenvalue weighted by Crippen LogP contribution is 2.22. The van der Waals surface area contributed by atoms with Crippen LogP contribution in [0.5, 0.6) is 0 Å². The van der Waals surface area contributed by atoms with Crippen molar-refractivity contribution >= 4 is 11.7 Å². The maximum Gasteiger partial charge on any atom is 0.322 e. The Kier molecular flexibility index (Phi) is 5.05. The van der Waals surface area contributed by atoms with Crippen LogP contribution in [0.25, 0.3) is 0 Å². The summed E-state index contributed by atoms with van der Waals surface area (Å²) < 4.78 is 0. The van der Waals surface area contributed by atoms with Gasteiger partial charge < -0.3 is 10.2 Å². The molecule has 1 aromatic rings. The van der Waals surface area contributed by atoms with Gasteiger partial charge in [0.25, 0.3) is 0 Å². The fourth-order valence-corrected chi connectivity index (χ4v) is 2.73. The molecule has 1 aliphatic heterocycles. The lowest BCUT2D eigenvalue weighted by Crippen LogP contribution is -2.44. The fraction of sp³-hybridized carbons (Fsp3) is 0.588. The van der Waals surface area contributed by atoms with Gasteiger partial charge in [-0.05, 0) is 56.2 Å². The second-order valence-corrected chi connectivity index (χ2v) is 5.90. The Balaban J connectivity index is 1.97. The van der Waals surface area contributed by atoms with Gasteiger partial charge in [-0.1, -0.05) is 26.0 Å². The van der Waals surface area contributed by atoms with Crippen LogP contribution in [-0.4, -0.2) is 23.5 Å². The third kappa shape index (κ3) is 3.53. The Morgan fingerprint density at radius 3 is 2.65 bits per heavy atom. The van der Waals surface area contributed by atoms with E-state index in [0.717, 1.165) is 31.5 Å². The van der Waals surface area contributed by atoms with Crippen molar-refractivity contribution < 1.29 is 4.79 Å². The molecule has 0 unspecified atom stereocenters. The second kappa shape index (κ2) is 6.78. The monoisotopic (exact) mass is 274 g/mol. The van der Waals surface area contributed by atoms with Crippen molar-refractivity contribution in [1.82, 2.24) is 4.90 Å². The molecule has 0 bridgehead atoms. The summed E-state index contributed by atoms with van der Waals surface area (Å²) in [7, 11) is 0. The zero-order valence-corrected chi connectivity index (χ0v) is 12.9. The van der Waals surface area contributed by atoms with Crippen LogP contribution in [-0.2, 0) is 0 Å². The van der Waals surface area contributed by atoms with Crippen molar-refractivity contribution in [1.29, 1.82) is 0 Å². The Labute approximate surface area is 122 Å². The van der Waals surface area contributed by atoms with E-state index in [1.54, 1.807) is 0 Å². The van der Waals surface area contributed by atoms with E-state index in [0.29, 0.717) is 12.0 Å². The molecule has 2 amide bonds. The number of carbonyl (C=O) groups excluding carboxylic acids is 1. The van der Waals surface area contributed by atoms with Crippen LogP contribution in [0.2, 0.25) is 0 Å². The van der Waals surface area contributed by atoms with Crippen LogP contribution in [0.3, 0.4) is 0 Å². The summed E-state index contributed by atoms with van der Waals surface area (Å²) in [5.74, 6) is 0.571. The molecule has 0 spiro atoms. The Bertz CT molecular complexity index is 441. The van der Waals surface area contributed by atoms with Crippen molar-refractivity contribution in [3.8, 4) is 0 Å². The van der Waals surface area contributed by atoms with Gasteiger partial charge in [0.05, 0.1) is 0 Å². The minimum Gasteiger partial charge on any atom is -0.322 e. The van der Waals surface area contributed by atoms with Gasteiger partial charge in [0.2, 0.25) is 0 Å². The van der Waals surface area contributed by atoms with Crippen molar-refractivity contribution in [2.24, 2.45) is 0 Å². The molecule has 1 aromatic carbocycles. The summed E-state index contributed by atoms with van der Waals surface area (Å²) in [4.78, 5) is 14.2. The molecule has 2 rings (SSSR count). The average molecular weight is 274 g/mol. The number of amides is 2. The molecule has 2 atom stereocenters. The highest BCUT2D eigenvalue weighted by molar-refractivity contribution is 5.89. The molecule has 3 nitrogen and oxygen atoms in total. The van der Waals surface area contributed by atoms with Gasteiger partial charge in [0.1, 0.15) is 0 Å². The first-order chi connectivity index (χ1) is 9.61. The van der Waals surface area contributed by atoms with E-state index in [2.05, 4.69) is 38.2 Å². The topological polar surface area (TPSA) is 32.3 Å². The van der Waals surface area contributed by atoms with Gasteiger partial charge in [-0.3, -0.25) is 0 Å². The summed E-state index contributed by atoms with van der Waals surface area (Å²) in [6.07, 6.45) is 4.59. The zero-order valence-electron chi connectivity index (χ0n) is 12.9. The Hall–Kier alpha value is -1.51. The number of urea groups is 1. The van der Waals surface area contributed by atoms with Gasteiger partial charge in [0, 0.05) is 18.3 Å². The van der Waals surface area contributed by atoms with Gasteiger partial charge in [-0.2, -0.15) is 0 Å². The van der Waals surface area contributed by atoms with E-state index in [4.69, 9.17) is 0 Å². The third-order valence-electron chi connectivity index (χ3n) is 4.41. The normalized spacial score (nSPS) is 20.6. The van der Waals surface area contributed by atoms with E-state index < -0.39 is 0 Å². The van der Waals surface area contributed by atoms with Crippen molar-refractivity contribution in [3.05, 3.63) is 29.8 Å². The van der Waals surface area contributed by atoms with Crippen LogP contribution in [0.1, 0.15) is 57.9 Å². The predicted octanol–water partition coefficient (Wildman–Crippen LogP) is 4.61. The minimum absolute atomic E-state index is 0.0356. The molecule has 0 aliphatic carbocycles. The van der Waals surface area contributed by atoms with Gasteiger partial charge in [0.15, 0.2) is 0 Å². The van der Waals surface area contributed by atoms with E-state index in [-0.39, 0.29) is 6.03 Å². The number of carbonyl (C=O) groups is 1. The lowest BCUT2D eigenvalue weighted by molar-refractivity contribution is 0.170. The number of likely N-dealkylation sites (tertiary alicyclic amines) is 1. The first-order valence-electron chi connectivity index (χ1n) is 7.79. The Morgan fingerprint density at radius 2 is 2.05 bits per heavy atom. The minimum atomic E-state index is 0.0356.